The van der Waals surface area contributed by atoms with E-state index in [1.807, 2.05) is 36.4 Å². The number of aromatic nitrogens is 4. The van der Waals surface area contributed by atoms with Crippen LogP contribution in [0.1, 0.15) is 47.2 Å². The van der Waals surface area contributed by atoms with Gasteiger partial charge in [-0.3, -0.25) is 0 Å². The Hall–Kier alpha value is -9.19. The minimum atomic E-state index is -0.732. The van der Waals surface area contributed by atoms with Gasteiger partial charge in [0.1, 0.15) is 11.5 Å². The summed E-state index contributed by atoms with van der Waals surface area (Å²) in [6, 6.07) is 82.9. The normalized spacial score (nSPS) is 14.0. The molecule has 3 aliphatic rings. The molecule has 0 amide bonds. The first kappa shape index (κ1) is 40.7. The molecule has 5 heteroatoms. The van der Waals surface area contributed by atoms with Gasteiger partial charge < -0.3 is 9.30 Å². The summed E-state index contributed by atoms with van der Waals surface area (Å²) in [5, 5.41) is 2.47. The maximum absolute atomic E-state index is 6.83. The van der Waals surface area contributed by atoms with Crippen LogP contribution in [0.25, 0.3) is 95.0 Å². The Kier molecular flexibility index (Phi) is 8.56. The van der Waals surface area contributed by atoms with E-state index < -0.39 is 5.41 Å². The van der Waals surface area contributed by atoms with Crippen molar-refractivity contribution >= 4 is 21.8 Å². The van der Waals surface area contributed by atoms with Crippen molar-refractivity contribution in [2.75, 3.05) is 0 Å². The first-order valence-electron chi connectivity index (χ1n) is 24.8. The largest absolute Gasteiger partial charge is 0.457 e. The fourth-order valence-electron chi connectivity index (χ4n) is 12.6. The van der Waals surface area contributed by atoms with Gasteiger partial charge in [0, 0.05) is 55.3 Å². The third kappa shape index (κ3) is 5.56. The van der Waals surface area contributed by atoms with E-state index in [2.05, 4.69) is 213 Å². The van der Waals surface area contributed by atoms with Crippen LogP contribution in [0.3, 0.4) is 0 Å². The van der Waals surface area contributed by atoms with E-state index in [1.165, 1.54) is 55.2 Å². The molecule has 3 heterocycles. The maximum Gasteiger partial charge on any atom is 0.164 e. The van der Waals surface area contributed by atoms with Crippen molar-refractivity contribution in [3.05, 3.63) is 264 Å². The molecule has 0 fully saturated rings. The van der Waals surface area contributed by atoms with Crippen molar-refractivity contribution in [1.29, 1.82) is 0 Å². The molecule has 0 atom stereocenters. The number of fused-ring (bicyclic) bond motifs is 15. The summed E-state index contributed by atoms with van der Waals surface area (Å²) in [4.78, 5) is 15.9. The molecule has 5 nitrogen and oxygen atoms in total. The van der Waals surface area contributed by atoms with E-state index in [4.69, 9.17) is 19.7 Å². The average Bonchev–Trinajstić information content (AvgIpc) is 4.02. The van der Waals surface area contributed by atoms with Crippen molar-refractivity contribution in [3.8, 4) is 84.7 Å². The van der Waals surface area contributed by atoms with Gasteiger partial charge in [-0.25, -0.2) is 15.0 Å². The minimum Gasteiger partial charge on any atom is -0.457 e. The van der Waals surface area contributed by atoms with Crippen LogP contribution < -0.4 is 4.74 Å². The highest BCUT2D eigenvalue weighted by Gasteiger charge is 2.52. The summed E-state index contributed by atoms with van der Waals surface area (Å²) in [6.45, 7) is 4.78. The van der Waals surface area contributed by atoms with E-state index >= 15 is 0 Å². The SMILES string of the molecule is CC1(C)c2ccccc2-c2c1cc1c3ccccc3n(-c3ccccc3)c1c2-c1ccc2c(c1)-c1c(-c3nc(-c4ccccc4)nc(-c4ccccc4)n3)cccc1C21c2ccccc2Oc2ccccc21. The van der Waals surface area contributed by atoms with Crippen molar-refractivity contribution in [3.63, 3.8) is 0 Å². The maximum atomic E-state index is 6.83. The molecule has 2 aliphatic carbocycles. The van der Waals surface area contributed by atoms with Gasteiger partial charge in [-0.2, -0.15) is 0 Å². The van der Waals surface area contributed by atoms with Crippen LogP contribution in [0, 0.1) is 0 Å². The van der Waals surface area contributed by atoms with Crippen molar-refractivity contribution < 1.29 is 4.74 Å². The summed E-state index contributed by atoms with van der Waals surface area (Å²) >= 11 is 0. The molecule has 0 N–H and O–H groups in total. The Morgan fingerprint density at radius 3 is 1.61 bits per heavy atom. The molecule has 2 aromatic heterocycles. The Labute approximate surface area is 417 Å². The second-order valence-corrected chi connectivity index (χ2v) is 19.8. The zero-order chi connectivity index (χ0) is 47.7. The predicted octanol–water partition coefficient (Wildman–Crippen LogP) is 16.4. The number of benzene rings is 10. The number of ether oxygens (including phenoxy) is 1. The zero-order valence-electron chi connectivity index (χ0n) is 39.6. The number of para-hydroxylation sites is 4. The van der Waals surface area contributed by atoms with Crippen LogP contribution in [0.5, 0.6) is 11.5 Å². The van der Waals surface area contributed by atoms with Gasteiger partial charge in [0.15, 0.2) is 17.5 Å². The van der Waals surface area contributed by atoms with E-state index in [9.17, 15) is 0 Å². The summed E-state index contributed by atoms with van der Waals surface area (Å²) < 4.78 is 9.33. The van der Waals surface area contributed by atoms with Crippen LogP contribution in [0.4, 0.5) is 0 Å². The van der Waals surface area contributed by atoms with Crippen LogP contribution in [-0.2, 0) is 10.8 Å². The lowest BCUT2D eigenvalue weighted by Crippen LogP contribution is -2.32. The molecule has 15 rings (SSSR count). The smallest absolute Gasteiger partial charge is 0.164 e. The van der Waals surface area contributed by atoms with Gasteiger partial charge in [0.2, 0.25) is 0 Å². The minimum absolute atomic E-state index is 0.244. The lowest BCUT2D eigenvalue weighted by atomic mass is 9.66. The fourth-order valence-corrected chi connectivity index (χ4v) is 12.6. The van der Waals surface area contributed by atoms with Gasteiger partial charge >= 0.3 is 0 Å². The van der Waals surface area contributed by atoms with E-state index in [1.54, 1.807) is 0 Å². The predicted molar refractivity (Wildman–Crippen MR) is 291 cm³/mol. The molecule has 0 radical (unpaired) electrons. The van der Waals surface area contributed by atoms with Crippen LogP contribution in [0.2, 0.25) is 0 Å². The van der Waals surface area contributed by atoms with E-state index in [0.717, 1.165) is 67.3 Å². The molecule has 1 aliphatic heterocycles. The molecule has 1 spiro atoms. The molecule has 10 aromatic carbocycles. The van der Waals surface area contributed by atoms with Crippen LogP contribution in [-0.4, -0.2) is 19.5 Å². The third-order valence-electron chi connectivity index (χ3n) is 15.7. The van der Waals surface area contributed by atoms with Crippen LogP contribution in [0.15, 0.2) is 231 Å². The summed E-state index contributed by atoms with van der Waals surface area (Å²) in [7, 11) is 0. The first-order chi connectivity index (χ1) is 35.5. The highest BCUT2D eigenvalue weighted by Crippen LogP contribution is 2.64. The number of nitrogens with zero attached hydrogens (tertiary/aromatic N) is 4. The summed E-state index contributed by atoms with van der Waals surface area (Å²) in [6.07, 6.45) is 0. The van der Waals surface area contributed by atoms with E-state index in [-0.39, 0.29) is 5.41 Å². The van der Waals surface area contributed by atoms with Gasteiger partial charge in [-0.05, 0) is 92.5 Å². The van der Waals surface area contributed by atoms with Gasteiger partial charge in [-0.1, -0.05) is 202 Å². The molecule has 12 aromatic rings. The lowest BCUT2D eigenvalue weighted by molar-refractivity contribution is 0.436. The Bertz CT molecular complexity index is 4110. The molecular formula is C67H44N4O. The molecule has 0 saturated carbocycles. The average molecular weight is 921 g/mol. The number of hydrogen-bond acceptors (Lipinski definition) is 4. The number of hydrogen-bond donors (Lipinski definition) is 0. The fraction of sp³-hybridized carbons (Fsp3) is 0.0597. The third-order valence-corrected chi connectivity index (χ3v) is 15.7. The highest BCUT2D eigenvalue weighted by molar-refractivity contribution is 6.18. The second-order valence-electron chi connectivity index (χ2n) is 19.8. The lowest BCUT2D eigenvalue weighted by Gasteiger charge is -2.39. The zero-order valence-corrected chi connectivity index (χ0v) is 39.6. The van der Waals surface area contributed by atoms with Crippen molar-refractivity contribution in [2.24, 2.45) is 0 Å². The topological polar surface area (TPSA) is 52.8 Å². The molecule has 0 saturated heterocycles. The highest BCUT2D eigenvalue weighted by atomic mass is 16.5. The standard InChI is InChI=1S/C67H44N4O/c1-66(2)50-30-14-12-28-46(50)61-55(66)40-48-45-27-13-17-34-56(45)71(44-25-10-5-11-26-44)62(48)59(61)43-37-38-51-49(39-43)60-47(65-69-63(41-21-6-3-7-22-41)68-64(70-65)42-23-8-4-9-24-42)29-20-33-54(60)67(51)52-31-15-18-35-57(52)72-58-36-19-16-32-53(58)67/h3-40H,1-2H3. The van der Waals surface area contributed by atoms with E-state index in [0.29, 0.717) is 17.5 Å². The van der Waals surface area contributed by atoms with Gasteiger partial charge in [-0.15, -0.1) is 0 Å². The Balaban J connectivity index is 1.10. The molecule has 338 valence electrons. The summed E-state index contributed by atoms with van der Waals surface area (Å²) in [5.41, 5.74) is 19.7. The first-order valence-corrected chi connectivity index (χ1v) is 24.8. The molecular weight excluding hydrogens is 877 g/mol. The molecule has 72 heavy (non-hydrogen) atoms. The van der Waals surface area contributed by atoms with Crippen LogP contribution >= 0.6 is 0 Å². The second kappa shape index (κ2) is 15.2. The Morgan fingerprint density at radius 1 is 0.361 bits per heavy atom. The van der Waals surface area contributed by atoms with Crippen molar-refractivity contribution in [1.82, 2.24) is 19.5 Å². The monoisotopic (exact) mass is 920 g/mol. The molecule has 0 bridgehead atoms. The Morgan fingerprint density at radius 2 is 0.917 bits per heavy atom. The van der Waals surface area contributed by atoms with Crippen molar-refractivity contribution in [2.45, 2.75) is 24.7 Å². The molecule has 0 unspecified atom stereocenters. The summed E-state index contributed by atoms with van der Waals surface area (Å²) in [5.74, 6) is 3.55. The van der Waals surface area contributed by atoms with Gasteiger partial charge in [0.25, 0.3) is 0 Å². The number of rotatable bonds is 5. The quantitative estimate of drug-likeness (QED) is 0.173. The van der Waals surface area contributed by atoms with Gasteiger partial charge in [0.05, 0.1) is 16.4 Å².